The van der Waals surface area contributed by atoms with Crippen molar-refractivity contribution in [3.8, 4) is 11.5 Å². The highest BCUT2D eigenvalue weighted by molar-refractivity contribution is 6.35. The molecule has 0 bridgehead atoms. The number of carbonyl (C=O) groups is 2. The first kappa shape index (κ1) is 21.9. The third-order valence-corrected chi connectivity index (χ3v) is 3.76. The van der Waals surface area contributed by atoms with Gasteiger partial charge in [0.15, 0.2) is 11.5 Å². The average Bonchev–Trinajstić information content (AvgIpc) is 2.72. The molecular weight excluding hydrogens is 370 g/mol. The van der Waals surface area contributed by atoms with Crippen molar-refractivity contribution in [1.29, 1.82) is 0 Å². The average molecular weight is 397 g/mol. The number of ether oxygens (including phenoxy) is 2. The largest absolute Gasteiger partial charge is 0.490 e. The van der Waals surface area contributed by atoms with E-state index in [1.807, 2.05) is 51.1 Å². The molecule has 2 amide bonds. The third-order valence-electron chi connectivity index (χ3n) is 3.76. The molecule has 0 spiro atoms. The van der Waals surface area contributed by atoms with Crippen molar-refractivity contribution < 1.29 is 19.1 Å². The SMILES string of the molecule is CCOc1cc(/C=N/NC(=O)C(=O)NCC(C)C)ccc1OCc1ccccc1. The zero-order valence-corrected chi connectivity index (χ0v) is 17.0. The van der Waals surface area contributed by atoms with Crippen molar-refractivity contribution in [2.45, 2.75) is 27.4 Å². The molecule has 154 valence electrons. The molecule has 2 aromatic carbocycles. The van der Waals surface area contributed by atoms with Gasteiger partial charge in [0.05, 0.1) is 12.8 Å². The topological polar surface area (TPSA) is 89.0 Å². The Kier molecular flexibility index (Phi) is 8.69. The van der Waals surface area contributed by atoms with Gasteiger partial charge in [0, 0.05) is 6.54 Å². The molecule has 0 radical (unpaired) electrons. The monoisotopic (exact) mass is 397 g/mol. The van der Waals surface area contributed by atoms with E-state index in [2.05, 4.69) is 15.8 Å². The summed E-state index contributed by atoms with van der Waals surface area (Å²) >= 11 is 0. The van der Waals surface area contributed by atoms with Gasteiger partial charge >= 0.3 is 11.8 Å². The zero-order valence-electron chi connectivity index (χ0n) is 17.0. The number of hydrogen-bond acceptors (Lipinski definition) is 5. The highest BCUT2D eigenvalue weighted by Gasteiger charge is 2.12. The summed E-state index contributed by atoms with van der Waals surface area (Å²) in [5.74, 6) is -0.0709. The van der Waals surface area contributed by atoms with Crippen molar-refractivity contribution in [3.63, 3.8) is 0 Å². The van der Waals surface area contributed by atoms with E-state index in [1.54, 1.807) is 18.2 Å². The minimum atomic E-state index is -0.810. The lowest BCUT2D eigenvalue weighted by atomic mass is 10.2. The minimum absolute atomic E-state index is 0.259. The fraction of sp³-hybridized carbons (Fsp3) is 0.318. The van der Waals surface area contributed by atoms with Crippen LogP contribution in [0, 0.1) is 5.92 Å². The van der Waals surface area contributed by atoms with Gasteiger partial charge in [-0.15, -0.1) is 0 Å². The third kappa shape index (κ3) is 7.65. The number of hydrogen-bond donors (Lipinski definition) is 2. The van der Waals surface area contributed by atoms with Gasteiger partial charge in [-0.05, 0) is 42.2 Å². The van der Waals surface area contributed by atoms with Gasteiger partial charge in [0.1, 0.15) is 6.61 Å². The summed E-state index contributed by atoms with van der Waals surface area (Å²) in [6.45, 7) is 7.11. The summed E-state index contributed by atoms with van der Waals surface area (Å²) in [5, 5.41) is 6.36. The van der Waals surface area contributed by atoms with Gasteiger partial charge in [0.25, 0.3) is 0 Å². The lowest BCUT2D eigenvalue weighted by molar-refractivity contribution is -0.139. The Morgan fingerprint density at radius 1 is 1.03 bits per heavy atom. The van der Waals surface area contributed by atoms with Crippen molar-refractivity contribution in [2.75, 3.05) is 13.2 Å². The zero-order chi connectivity index (χ0) is 21.1. The molecule has 29 heavy (non-hydrogen) atoms. The molecule has 2 aromatic rings. The minimum Gasteiger partial charge on any atom is -0.490 e. The van der Waals surface area contributed by atoms with Gasteiger partial charge in [-0.2, -0.15) is 5.10 Å². The number of rotatable bonds is 9. The maximum absolute atomic E-state index is 11.7. The standard InChI is InChI=1S/C22H27N3O4/c1-4-28-20-12-18(14-24-25-22(27)21(26)23-13-16(2)3)10-11-19(20)29-15-17-8-6-5-7-9-17/h5-12,14,16H,4,13,15H2,1-3H3,(H,23,26)(H,25,27)/b24-14+. The van der Waals surface area contributed by atoms with Crippen molar-refractivity contribution >= 4 is 18.0 Å². The number of amides is 2. The van der Waals surface area contributed by atoms with E-state index in [1.165, 1.54) is 6.21 Å². The maximum atomic E-state index is 11.7. The van der Waals surface area contributed by atoms with Crippen LogP contribution in [-0.4, -0.2) is 31.2 Å². The summed E-state index contributed by atoms with van der Waals surface area (Å²) in [5.41, 5.74) is 3.97. The van der Waals surface area contributed by atoms with Crippen molar-refractivity contribution in [2.24, 2.45) is 11.0 Å². The van der Waals surface area contributed by atoms with Crippen molar-refractivity contribution in [3.05, 3.63) is 59.7 Å². The van der Waals surface area contributed by atoms with E-state index in [0.29, 0.717) is 36.8 Å². The number of carbonyl (C=O) groups excluding carboxylic acids is 2. The molecule has 0 unspecified atom stereocenters. The second-order valence-corrected chi connectivity index (χ2v) is 6.72. The smallest absolute Gasteiger partial charge is 0.329 e. The van der Waals surface area contributed by atoms with Crippen LogP contribution in [0.5, 0.6) is 11.5 Å². The predicted molar refractivity (Wildman–Crippen MR) is 112 cm³/mol. The highest BCUT2D eigenvalue weighted by atomic mass is 16.5. The van der Waals surface area contributed by atoms with Gasteiger partial charge in [-0.1, -0.05) is 44.2 Å². The number of nitrogens with zero attached hydrogens (tertiary/aromatic N) is 1. The van der Waals surface area contributed by atoms with E-state index in [0.717, 1.165) is 5.56 Å². The Morgan fingerprint density at radius 3 is 2.48 bits per heavy atom. The highest BCUT2D eigenvalue weighted by Crippen LogP contribution is 2.28. The van der Waals surface area contributed by atoms with Crippen LogP contribution in [0.15, 0.2) is 53.6 Å². The van der Waals surface area contributed by atoms with Crippen molar-refractivity contribution in [1.82, 2.24) is 10.7 Å². The summed E-state index contributed by atoms with van der Waals surface area (Å²) < 4.78 is 11.5. The lowest BCUT2D eigenvalue weighted by Crippen LogP contribution is -2.39. The van der Waals surface area contributed by atoms with Crippen LogP contribution in [0.25, 0.3) is 0 Å². The maximum Gasteiger partial charge on any atom is 0.329 e. The molecule has 0 aromatic heterocycles. The Hall–Kier alpha value is -3.35. The molecular formula is C22H27N3O4. The molecule has 2 N–H and O–H groups in total. The van der Waals surface area contributed by atoms with E-state index >= 15 is 0 Å². The number of hydrazone groups is 1. The van der Waals surface area contributed by atoms with Gasteiger partial charge in [0.2, 0.25) is 0 Å². The van der Waals surface area contributed by atoms with Crippen LogP contribution < -0.4 is 20.2 Å². The molecule has 7 nitrogen and oxygen atoms in total. The Bertz CT molecular complexity index is 835. The molecule has 0 atom stereocenters. The Labute approximate surface area is 171 Å². The molecule has 2 rings (SSSR count). The molecule has 0 heterocycles. The fourth-order valence-electron chi connectivity index (χ4n) is 2.32. The molecule has 0 fully saturated rings. The van der Waals surface area contributed by atoms with Gasteiger partial charge in [-0.3, -0.25) is 9.59 Å². The van der Waals surface area contributed by atoms with Crippen LogP contribution in [0.2, 0.25) is 0 Å². The molecule has 0 saturated carbocycles. The number of benzene rings is 2. The van der Waals surface area contributed by atoms with E-state index < -0.39 is 11.8 Å². The quantitative estimate of drug-likeness (QED) is 0.387. The van der Waals surface area contributed by atoms with E-state index in [9.17, 15) is 9.59 Å². The van der Waals surface area contributed by atoms with E-state index in [-0.39, 0.29) is 5.92 Å². The molecule has 0 aliphatic rings. The molecule has 0 saturated heterocycles. The van der Waals surface area contributed by atoms with Crippen LogP contribution in [0.4, 0.5) is 0 Å². The van der Waals surface area contributed by atoms with E-state index in [4.69, 9.17) is 9.47 Å². The second-order valence-electron chi connectivity index (χ2n) is 6.72. The van der Waals surface area contributed by atoms with Gasteiger partial charge < -0.3 is 14.8 Å². The van der Waals surface area contributed by atoms with Gasteiger partial charge in [-0.25, -0.2) is 5.43 Å². The molecule has 0 aliphatic heterocycles. The number of nitrogens with one attached hydrogen (secondary N) is 2. The Morgan fingerprint density at radius 2 is 1.79 bits per heavy atom. The Balaban J connectivity index is 1.96. The fourth-order valence-corrected chi connectivity index (χ4v) is 2.32. The summed E-state index contributed by atoms with van der Waals surface area (Å²) in [6.07, 6.45) is 1.44. The first-order valence-electron chi connectivity index (χ1n) is 9.54. The normalized spacial score (nSPS) is 10.8. The summed E-state index contributed by atoms with van der Waals surface area (Å²) in [7, 11) is 0. The summed E-state index contributed by atoms with van der Waals surface area (Å²) in [6, 6.07) is 15.2. The second kappa shape index (κ2) is 11.5. The van der Waals surface area contributed by atoms with Crippen LogP contribution >= 0.6 is 0 Å². The summed E-state index contributed by atoms with van der Waals surface area (Å²) in [4.78, 5) is 23.3. The lowest BCUT2D eigenvalue weighted by Gasteiger charge is -2.12. The first-order valence-corrected chi connectivity index (χ1v) is 9.54. The first-order chi connectivity index (χ1) is 14.0. The van der Waals surface area contributed by atoms with Crippen LogP contribution in [-0.2, 0) is 16.2 Å². The van der Waals surface area contributed by atoms with Crippen LogP contribution in [0.3, 0.4) is 0 Å². The molecule has 7 heteroatoms. The predicted octanol–water partition coefficient (Wildman–Crippen LogP) is 2.89. The van der Waals surface area contributed by atoms with Crippen LogP contribution in [0.1, 0.15) is 31.9 Å². The molecule has 0 aliphatic carbocycles.